The third kappa shape index (κ3) is 2.74. The molecule has 1 aromatic rings. The second kappa shape index (κ2) is 6.15. The molecule has 0 aromatic carbocycles. The summed E-state index contributed by atoms with van der Waals surface area (Å²) in [6, 6.07) is 1.62. The predicted octanol–water partition coefficient (Wildman–Crippen LogP) is 1.87. The maximum atomic E-state index is 11.3. The summed E-state index contributed by atoms with van der Waals surface area (Å²) in [7, 11) is 0. The second-order valence-electron chi connectivity index (χ2n) is 3.01. The number of aryl methyl sites for hydroxylation is 1. The Morgan fingerprint density at radius 1 is 1.62 bits per heavy atom. The van der Waals surface area contributed by atoms with Gasteiger partial charge in [0.25, 0.3) is 0 Å². The van der Waals surface area contributed by atoms with Gasteiger partial charge >= 0.3 is 5.97 Å². The first-order chi connectivity index (χ1) is 7.81. The van der Waals surface area contributed by atoms with Gasteiger partial charge in [0.1, 0.15) is 0 Å². The number of esters is 1. The zero-order chi connectivity index (χ0) is 12.0. The highest BCUT2D eigenvalue weighted by Gasteiger charge is 2.18. The monoisotopic (exact) mass is 226 g/mol. The van der Waals surface area contributed by atoms with Gasteiger partial charge in [-0.2, -0.15) is 5.10 Å². The Bertz CT molecular complexity index is 323. The SMILES string of the molecule is CC.CCOC(=O)c1cc2n(n1)CCCO2. The number of carbonyl (C=O) groups is 1. The molecule has 1 aromatic heterocycles. The van der Waals surface area contributed by atoms with Gasteiger partial charge in [-0.05, 0) is 6.92 Å². The highest BCUT2D eigenvalue weighted by atomic mass is 16.5. The molecular formula is C11H18N2O3. The molecule has 0 bridgehead atoms. The lowest BCUT2D eigenvalue weighted by Crippen LogP contribution is -2.14. The maximum absolute atomic E-state index is 11.3. The minimum absolute atomic E-state index is 0.323. The van der Waals surface area contributed by atoms with Gasteiger partial charge in [-0.3, -0.25) is 0 Å². The van der Waals surface area contributed by atoms with E-state index in [1.54, 1.807) is 17.7 Å². The summed E-state index contributed by atoms with van der Waals surface area (Å²) in [5.41, 5.74) is 0.323. The number of hydrogen-bond donors (Lipinski definition) is 0. The number of hydrogen-bond acceptors (Lipinski definition) is 4. The standard InChI is InChI=1S/C9H12N2O3.C2H6/c1-2-13-9(12)7-6-8-11(10-7)4-3-5-14-8;1-2/h6H,2-5H2,1H3;1-2H3. The fourth-order valence-electron chi connectivity index (χ4n) is 1.37. The van der Waals surface area contributed by atoms with Crippen molar-refractivity contribution in [3.63, 3.8) is 0 Å². The molecule has 0 saturated carbocycles. The average Bonchev–Trinajstić information content (AvgIpc) is 2.75. The van der Waals surface area contributed by atoms with Crippen LogP contribution in [0.5, 0.6) is 5.88 Å². The van der Waals surface area contributed by atoms with Crippen molar-refractivity contribution in [3.8, 4) is 5.88 Å². The molecule has 0 spiro atoms. The van der Waals surface area contributed by atoms with Gasteiger partial charge in [-0.1, -0.05) is 13.8 Å². The molecule has 5 nitrogen and oxygen atoms in total. The molecule has 0 radical (unpaired) electrons. The second-order valence-corrected chi connectivity index (χ2v) is 3.01. The van der Waals surface area contributed by atoms with Crippen molar-refractivity contribution >= 4 is 5.97 Å². The fraction of sp³-hybridized carbons (Fsp3) is 0.636. The van der Waals surface area contributed by atoms with E-state index in [1.807, 2.05) is 13.8 Å². The van der Waals surface area contributed by atoms with Crippen molar-refractivity contribution in [3.05, 3.63) is 11.8 Å². The Hall–Kier alpha value is -1.52. The molecule has 16 heavy (non-hydrogen) atoms. The van der Waals surface area contributed by atoms with E-state index in [0.717, 1.165) is 13.0 Å². The van der Waals surface area contributed by atoms with Gasteiger partial charge in [0.05, 0.1) is 13.2 Å². The van der Waals surface area contributed by atoms with E-state index in [0.29, 0.717) is 24.8 Å². The predicted molar refractivity (Wildman–Crippen MR) is 59.6 cm³/mol. The van der Waals surface area contributed by atoms with Crippen molar-refractivity contribution in [2.24, 2.45) is 0 Å². The van der Waals surface area contributed by atoms with Crippen LogP contribution in [-0.4, -0.2) is 29.0 Å². The number of fused-ring (bicyclic) bond motifs is 1. The normalized spacial score (nSPS) is 12.9. The van der Waals surface area contributed by atoms with E-state index in [4.69, 9.17) is 9.47 Å². The molecule has 1 aliphatic rings. The zero-order valence-corrected chi connectivity index (χ0v) is 10.0. The summed E-state index contributed by atoms with van der Waals surface area (Å²) in [4.78, 5) is 11.3. The largest absolute Gasteiger partial charge is 0.478 e. The molecule has 0 atom stereocenters. The first-order valence-electron chi connectivity index (χ1n) is 5.69. The number of ether oxygens (including phenoxy) is 2. The van der Waals surface area contributed by atoms with Crippen LogP contribution >= 0.6 is 0 Å². The van der Waals surface area contributed by atoms with E-state index in [1.165, 1.54) is 0 Å². The topological polar surface area (TPSA) is 53.4 Å². The summed E-state index contributed by atoms with van der Waals surface area (Å²) in [5, 5.41) is 4.09. The molecule has 0 fully saturated rings. The minimum atomic E-state index is -0.391. The average molecular weight is 226 g/mol. The summed E-state index contributed by atoms with van der Waals surface area (Å²) in [5.74, 6) is 0.261. The Balaban J connectivity index is 0.000000606. The molecule has 5 heteroatoms. The minimum Gasteiger partial charge on any atom is -0.478 e. The van der Waals surface area contributed by atoms with Gasteiger partial charge in [-0.25, -0.2) is 9.48 Å². The lowest BCUT2D eigenvalue weighted by Gasteiger charge is -2.13. The van der Waals surface area contributed by atoms with E-state index < -0.39 is 5.97 Å². The Morgan fingerprint density at radius 3 is 3.00 bits per heavy atom. The van der Waals surface area contributed by atoms with E-state index in [9.17, 15) is 4.79 Å². The number of nitrogens with zero attached hydrogens (tertiary/aromatic N) is 2. The zero-order valence-electron chi connectivity index (χ0n) is 10.0. The van der Waals surface area contributed by atoms with Gasteiger partial charge in [0.15, 0.2) is 5.69 Å². The van der Waals surface area contributed by atoms with Crippen LogP contribution in [0.15, 0.2) is 6.07 Å². The van der Waals surface area contributed by atoms with Crippen LogP contribution < -0.4 is 4.74 Å². The third-order valence-corrected chi connectivity index (χ3v) is 1.99. The summed E-state index contributed by atoms with van der Waals surface area (Å²) in [6.07, 6.45) is 0.928. The Morgan fingerprint density at radius 2 is 2.38 bits per heavy atom. The van der Waals surface area contributed by atoms with E-state index in [-0.39, 0.29) is 0 Å². The summed E-state index contributed by atoms with van der Waals surface area (Å²) >= 11 is 0. The molecule has 2 rings (SSSR count). The van der Waals surface area contributed by atoms with E-state index in [2.05, 4.69) is 5.10 Å². The number of aromatic nitrogens is 2. The van der Waals surface area contributed by atoms with Gasteiger partial charge in [-0.15, -0.1) is 0 Å². The molecule has 90 valence electrons. The van der Waals surface area contributed by atoms with Crippen molar-refractivity contribution in [2.75, 3.05) is 13.2 Å². The molecule has 0 unspecified atom stereocenters. The molecule has 2 heterocycles. The molecule has 0 aliphatic carbocycles. The van der Waals surface area contributed by atoms with Crippen LogP contribution in [0.4, 0.5) is 0 Å². The van der Waals surface area contributed by atoms with Crippen molar-refractivity contribution in [1.29, 1.82) is 0 Å². The molecule has 0 amide bonds. The van der Waals surface area contributed by atoms with Gasteiger partial charge in [0.2, 0.25) is 5.88 Å². The van der Waals surface area contributed by atoms with Crippen LogP contribution in [-0.2, 0) is 11.3 Å². The third-order valence-electron chi connectivity index (χ3n) is 1.99. The van der Waals surface area contributed by atoms with Crippen molar-refractivity contribution in [1.82, 2.24) is 9.78 Å². The smallest absolute Gasteiger partial charge is 0.358 e. The lowest BCUT2D eigenvalue weighted by molar-refractivity contribution is 0.0518. The molecule has 1 aliphatic heterocycles. The van der Waals surface area contributed by atoms with E-state index >= 15 is 0 Å². The quantitative estimate of drug-likeness (QED) is 0.722. The molecule has 0 saturated heterocycles. The molecule has 0 N–H and O–H groups in total. The van der Waals surface area contributed by atoms with Gasteiger partial charge in [0, 0.05) is 19.0 Å². The fourth-order valence-corrected chi connectivity index (χ4v) is 1.37. The van der Waals surface area contributed by atoms with Gasteiger partial charge < -0.3 is 9.47 Å². The van der Waals surface area contributed by atoms with Crippen LogP contribution in [0.25, 0.3) is 0 Å². The number of rotatable bonds is 2. The van der Waals surface area contributed by atoms with Crippen LogP contribution in [0.2, 0.25) is 0 Å². The van der Waals surface area contributed by atoms with Crippen molar-refractivity contribution in [2.45, 2.75) is 33.7 Å². The van der Waals surface area contributed by atoms with Crippen molar-refractivity contribution < 1.29 is 14.3 Å². The lowest BCUT2D eigenvalue weighted by atomic mass is 10.4. The first-order valence-corrected chi connectivity index (χ1v) is 5.69. The summed E-state index contributed by atoms with van der Waals surface area (Å²) < 4.78 is 11.9. The number of carbonyl (C=O) groups excluding carboxylic acids is 1. The maximum Gasteiger partial charge on any atom is 0.358 e. The highest BCUT2D eigenvalue weighted by molar-refractivity contribution is 5.87. The van der Waals surface area contributed by atoms with Crippen LogP contribution in [0, 0.1) is 0 Å². The van der Waals surface area contributed by atoms with Crippen LogP contribution in [0.1, 0.15) is 37.7 Å². The highest BCUT2D eigenvalue weighted by Crippen LogP contribution is 2.18. The summed E-state index contributed by atoms with van der Waals surface area (Å²) in [6.45, 7) is 7.62. The first kappa shape index (κ1) is 12.5. The Labute approximate surface area is 95.3 Å². The Kier molecular flexibility index (Phi) is 4.82. The van der Waals surface area contributed by atoms with Crippen LogP contribution in [0.3, 0.4) is 0 Å². The molecular weight excluding hydrogens is 208 g/mol.